The number of fused-ring (bicyclic) bond motifs is 1. The minimum Gasteiger partial charge on any atom is -0.496 e. The van der Waals surface area contributed by atoms with Crippen LogP contribution in [0.5, 0.6) is 5.75 Å². The Morgan fingerprint density at radius 2 is 2.06 bits per heavy atom. The molecule has 0 saturated carbocycles. The topological polar surface area (TPSA) is 77.2 Å². The predicted octanol–water partition coefficient (Wildman–Crippen LogP) is 2.88. The Hall–Kier alpha value is -3.13. The van der Waals surface area contributed by atoms with Gasteiger partial charge in [-0.05, 0) is 56.7 Å². The number of hydrogen-bond acceptors (Lipinski definition) is 5. The molecule has 0 radical (unpaired) electrons. The molecule has 0 bridgehead atoms. The number of benzene rings is 1. The Morgan fingerprint density at radius 1 is 1.23 bits per heavy atom. The lowest BCUT2D eigenvalue weighted by Gasteiger charge is -2.31. The highest BCUT2D eigenvalue weighted by atomic mass is 16.5. The summed E-state index contributed by atoms with van der Waals surface area (Å²) < 4.78 is 9.49. The second-order valence-corrected chi connectivity index (χ2v) is 8.51. The average molecular weight is 421 g/mol. The molecular formula is C23H28N6O2. The number of aromatic nitrogens is 4. The molecule has 4 heterocycles. The van der Waals surface area contributed by atoms with Crippen LogP contribution < -0.4 is 10.1 Å². The zero-order valence-corrected chi connectivity index (χ0v) is 18.0. The highest BCUT2D eigenvalue weighted by Crippen LogP contribution is 2.40. The summed E-state index contributed by atoms with van der Waals surface area (Å²) in [5.41, 5.74) is 3.23. The van der Waals surface area contributed by atoms with Crippen LogP contribution in [0.25, 0.3) is 0 Å². The molecule has 1 N–H and O–H groups in total. The Labute approximate surface area is 181 Å². The molecule has 3 aromatic rings. The lowest BCUT2D eigenvalue weighted by molar-refractivity contribution is -0.116. The third kappa shape index (κ3) is 3.83. The smallest absolute Gasteiger partial charge is 0.226 e. The summed E-state index contributed by atoms with van der Waals surface area (Å²) in [5, 5.41) is 12.1. The molecule has 8 nitrogen and oxygen atoms in total. The average Bonchev–Trinajstić information content (AvgIpc) is 3.44. The first-order valence-electron chi connectivity index (χ1n) is 10.8. The first kappa shape index (κ1) is 19.8. The fourth-order valence-electron chi connectivity index (χ4n) is 4.76. The summed E-state index contributed by atoms with van der Waals surface area (Å²) in [6, 6.07) is 8.42. The summed E-state index contributed by atoms with van der Waals surface area (Å²) in [7, 11) is 3.83. The molecular weight excluding hydrogens is 392 g/mol. The van der Waals surface area contributed by atoms with Crippen LogP contribution in [0.15, 0.2) is 42.9 Å². The largest absolute Gasteiger partial charge is 0.496 e. The van der Waals surface area contributed by atoms with E-state index in [4.69, 9.17) is 9.84 Å². The molecule has 1 amide bonds. The van der Waals surface area contributed by atoms with Crippen molar-refractivity contribution < 1.29 is 9.53 Å². The van der Waals surface area contributed by atoms with Gasteiger partial charge in [0.2, 0.25) is 5.91 Å². The van der Waals surface area contributed by atoms with Gasteiger partial charge in [0.25, 0.3) is 0 Å². The van der Waals surface area contributed by atoms with Crippen LogP contribution in [0, 0.1) is 0 Å². The van der Waals surface area contributed by atoms with E-state index in [0.717, 1.165) is 54.2 Å². The minimum atomic E-state index is -0.0222. The van der Waals surface area contributed by atoms with Crippen LogP contribution in [0.4, 0.5) is 5.82 Å². The van der Waals surface area contributed by atoms with E-state index in [9.17, 15) is 4.79 Å². The lowest BCUT2D eigenvalue weighted by Crippen LogP contribution is -2.33. The van der Waals surface area contributed by atoms with Gasteiger partial charge in [0, 0.05) is 35.9 Å². The third-order valence-corrected chi connectivity index (χ3v) is 6.48. The number of carbonyl (C=O) groups is 1. The van der Waals surface area contributed by atoms with E-state index >= 15 is 0 Å². The number of piperidine rings is 1. The zero-order chi connectivity index (χ0) is 21.4. The highest BCUT2D eigenvalue weighted by molar-refractivity contribution is 5.94. The second kappa shape index (κ2) is 8.19. The molecule has 1 atom stereocenters. The van der Waals surface area contributed by atoms with Crippen molar-refractivity contribution in [1.82, 2.24) is 24.5 Å². The van der Waals surface area contributed by atoms with Crippen LogP contribution >= 0.6 is 0 Å². The molecule has 0 spiro atoms. The Kier molecular flexibility index (Phi) is 5.23. The quantitative estimate of drug-likeness (QED) is 0.687. The zero-order valence-electron chi connectivity index (χ0n) is 18.0. The molecule has 1 unspecified atom stereocenters. The number of amides is 1. The molecule has 2 aliphatic rings. The minimum absolute atomic E-state index is 0.0222. The van der Waals surface area contributed by atoms with E-state index in [2.05, 4.69) is 34.5 Å². The van der Waals surface area contributed by atoms with E-state index in [0.29, 0.717) is 19.0 Å². The fourth-order valence-corrected chi connectivity index (χ4v) is 4.76. The number of ether oxygens (including phenoxy) is 1. The molecule has 1 saturated heterocycles. The Balaban J connectivity index is 1.48. The predicted molar refractivity (Wildman–Crippen MR) is 117 cm³/mol. The number of nitrogens with one attached hydrogen (secondary N) is 1. The fraction of sp³-hybridized carbons (Fsp3) is 0.435. The summed E-state index contributed by atoms with van der Waals surface area (Å²) in [6.45, 7) is 2.71. The summed E-state index contributed by atoms with van der Waals surface area (Å²) in [6.07, 6.45) is 8.15. The Bertz CT molecular complexity index is 1070. The number of anilines is 1. The van der Waals surface area contributed by atoms with Crippen molar-refractivity contribution in [3.63, 3.8) is 0 Å². The second-order valence-electron chi connectivity index (χ2n) is 8.51. The molecule has 1 aromatic carbocycles. The van der Waals surface area contributed by atoms with Crippen LogP contribution in [-0.4, -0.2) is 57.6 Å². The maximum Gasteiger partial charge on any atom is 0.226 e. The standard InChI is InChI=1S/C23H28N6O2/c1-27-10-6-18(7-11-27)29-23-20(14-25-29)19(13-22(30)26-23)16-4-5-21(31-2)17(12-16)15-28-9-3-8-24-28/h3-5,8-9,12,14,18-19H,6-7,10-11,13,15H2,1-2H3,(H,26,30). The van der Waals surface area contributed by atoms with Gasteiger partial charge < -0.3 is 15.0 Å². The van der Waals surface area contributed by atoms with Gasteiger partial charge in [-0.2, -0.15) is 10.2 Å². The van der Waals surface area contributed by atoms with Crippen LogP contribution in [0.2, 0.25) is 0 Å². The van der Waals surface area contributed by atoms with Crippen molar-refractivity contribution in [2.45, 2.75) is 37.8 Å². The van der Waals surface area contributed by atoms with Crippen molar-refractivity contribution in [3.05, 3.63) is 59.5 Å². The van der Waals surface area contributed by atoms with Crippen molar-refractivity contribution in [2.75, 3.05) is 32.6 Å². The number of nitrogens with zero attached hydrogens (tertiary/aromatic N) is 5. The highest BCUT2D eigenvalue weighted by Gasteiger charge is 2.32. The normalized spacial score (nSPS) is 19.8. The van der Waals surface area contributed by atoms with Gasteiger partial charge in [-0.1, -0.05) is 6.07 Å². The van der Waals surface area contributed by atoms with Crippen LogP contribution in [0.1, 0.15) is 47.9 Å². The number of hydrogen-bond donors (Lipinski definition) is 1. The number of likely N-dealkylation sites (tertiary alicyclic amines) is 1. The summed E-state index contributed by atoms with van der Waals surface area (Å²) in [4.78, 5) is 15.0. The molecule has 0 aliphatic carbocycles. The molecule has 31 heavy (non-hydrogen) atoms. The van der Waals surface area contributed by atoms with Crippen LogP contribution in [0.3, 0.4) is 0 Å². The monoisotopic (exact) mass is 420 g/mol. The molecule has 1 fully saturated rings. The number of rotatable bonds is 5. The van der Waals surface area contributed by atoms with E-state index in [1.54, 1.807) is 13.3 Å². The lowest BCUT2D eigenvalue weighted by atomic mass is 9.86. The SMILES string of the molecule is COc1ccc(C2CC(=O)Nc3c2cnn3C2CCN(C)CC2)cc1Cn1cccn1. The molecule has 8 heteroatoms. The third-order valence-electron chi connectivity index (χ3n) is 6.48. The molecule has 162 valence electrons. The summed E-state index contributed by atoms with van der Waals surface area (Å²) >= 11 is 0. The van der Waals surface area contributed by atoms with Crippen LogP contribution in [-0.2, 0) is 11.3 Å². The van der Waals surface area contributed by atoms with E-state index < -0.39 is 0 Å². The first-order chi connectivity index (χ1) is 15.1. The van der Waals surface area contributed by atoms with E-state index in [-0.39, 0.29) is 11.8 Å². The van der Waals surface area contributed by atoms with Crippen molar-refractivity contribution >= 4 is 11.7 Å². The van der Waals surface area contributed by atoms with Gasteiger partial charge in [-0.15, -0.1) is 0 Å². The Morgan fingerprint density at radius 3 is 2.81 bits per heavy atom. The summed E-state index contributed by atoms with van der Waals surface area (Å²) in [5.74, 6) is 1.70. The first-order valence-corrected chi connectivity index (χ1v) is 10.8. The van der Waals surface area contributed by atoms with Gasteiger partial charge >= 0.3 is 0 Å². The maximum atomic E-state index is 12.7. The van der Waals surface area contributed by atoms with Crippen molar-refractivity contribution in [3.8, 4) is 5.75 Å². The van der Waals surface area contributed by atoms with Crippen molar-refractivity contribution in [1.29, 1.82) is 0 Å². The van der Waals surface area contributed by atoms with E-state index in [1.807, 2.05) is 33.9 Å². The van der Waals surface area contributed by atoms with Gasteiger partial charge in [0.1, 0.15) is 11.6 Å². The van der Waals surface area contributed by atoms with E-state index in [1.165, 1.54) is 0 Å². The van der Waals surface area contributed by atoms with Gasteiger partial charge in [0.05, 0.1) is 25.9 Å². The maximum absolute atomic E-state index is 12.7. The molecule has 2 aromatic heterocycles. The van der Waals surface area contributed by atoms with Crippen molar-refractivity contribution in [2.24, 2.45) is 0 Å². The van der Waals surface area contributed by atoms with Gasteiger partial charge in [-0.3, -0.25) is 9.48 Å². The molecule has 2 aliphatic heterocycles. The van der Waals surface area contributed by atoms with Gasteiger partial charge in [0.15, 0.2) is 0 Å². The number of methoxy groups -OCH3 is 1. The molecule has 5 rings (SSSR count). The van der Waals surface area contributed by atoms with Gasteiger partial charge in [-0.25, -0.2) is 4.68 Å². The number of carbonyl (C=O) groups excluding carboxylic acids is 1.